The van der Waals surface area contributed by atoms with Gasteiger partial charge < -0.3 is 0 Å². The first-order chi connectivity index (χ1) is 19.0. The molecular formula is C28H19F4N7. The molecule has 0 bridgehead atoms. The highest BCUT2D eigenvalue weighted by atomic mass is 19.1. The number of halogens is 4. The quantitative estimate of drug-likeness (QED) is 0.270. The van der Waals surface area contributed by atoms with E-state index in [4.69, 9.17) is 0 Å². The molecule has 0 atom stereocenters. The third kappa shape index (κ3) is 7.59. The van der Waals surface area contributed by atoms with Crippen molar-refractivity contribution in [3.63, 3.8) is 0 Å². The van der Waals surface area contributed by atoms with Gasteiger partial charge in [-0.3, -0.25) is 15.0 Å². The molecule has 0 fully saturated rings. The van der Waals surface area contributed by atoms with Gasteiger partial charge in [-0.25, -0.2) is 17.6 Å². The van der Waals surface area contributed by atoms with Crippen molar-refractivity contribution < 1.29 is 17.6 Å². The van der Waals surface area contributed by atoms with E-state index in [1.165, 1.54) is 24.3 Å². The Bertz CT molecular complexity index is 1500. The van der Waals surface area contributed by atoms with Gasteiger partial charge in [0.05, 0.1) is 11.4 Å². The van der Waals surface area contributed by atoms with Gasteiger partial charge in [0.2, 0.25) is 5.82 Å². The molecule has 0 unspecified atom stereocenters. The van der Waals surface area contributed by atoms with Gasteiger partial charge in [-0.2, -0.15) is 5.21 Å². The first-order valence-corrected chi connectivity index (χ1v) is 11.4. The van der Waals surface area contributed by atoms with E-state index >= 15 is 0 Å². The van der Waals surface area contributed by atoms with E-state index in [2.05, 4.69) is 35.6 Å². The highest BCUT2D eigenvalue weighted by Crippen LogP contribution is 2.21. The molecule has 0 saturated heterocycles. The maximum atomic E-state index is 13.3. The molecule has 0 aliphatic rings. The Balaban J connectivity index is 0.000000137. The van der Waals surface area contributed by atoms with Gasteiger partial charge in [0.1, 0.15) is 29.0 Å². The highest BCUT2D eigenvalue weighted by molar-refractivity contribution is 5.60. The molecule has 0 spiro atoms. The fraction of sp³-hybridized carbons (Fsp3) is 0. The van der Waals surface area contributed by atoms with Crippen molar-refractivity contribution in [2.24, 2.45) is 0 Å². The number of nitrogens with zero attached hydrogens (tertiary/aromatic N) is 6. The van der Waals surface area contributed by atoms with Crippen LogP contribution in [0, 0.1) is 23.3 Å². The van der Waals surface area contributed by atoms with E-state index in [-0.39, 0.29) is 0 Å². The van der Waals surface area contributed by atoms with Gasteiger partial charge in [0.25, 0.3) is 0 Å². The molecule has 0 radical (unpaired) electrons. The molecule has 0 amide bonds. The molecule has 7 nitrogen and oxygen atoms in total. The van der Waals surface area contributed by atoms with Crippen molar-refractivity contribution in [3.8, 4) is 34.0 Å². The molecule has 6 rings (SSSR count). The zero-order valence-corrected chi connectivity index (χ0v) is 20.1. The van der Waals surface area contributed by atoms with Gasteiger partial charge in [0.15, 0.2) is 0 Å². The number of tetrazole rings is 1. The van der Waals surface area contributed by atoms with Crippen molar-refractivity contribution in [3.05, 3.63) is 133 Å². The Morgan fingerprint density at radius 3 is 1.33 bits per heavy atom. The van der Waals surface area contributed by atoms with E-state index in [1.807, 2.05) is 18.2 Å². The first kappa shape index (κ1) is 26.7. The summed E-state index contributed by atoms with van der Waals surface area (Å²) in [6.07, 6.45) is 4.82. The van der Waals surface area contributed by atoms with Crippen LogP contribution in [0.3, 0.4) is 0 Å². The van der Waals surface area contributed by atoms with Crippen molar-refractivity contribution in [1.82, 2.24) is 35.6 Å². The predicted octanol–water partition coefficient (Wildman–Crippen LogP) is 6.32. The summed E-state index contributed by atoms with van der Waals surface area (Å²) in [6, 6.07) is 22.8. The molecule has 0 saturated carbocycles. The van der Waals surface area contributed by atoms with Gasteiger partial charge in [0, 0.05) is 41.9 Å². The summed E-state index contributed by atoms with van der Waals surface area (Å²) in [4.78, 5) is 12.0. The lowest BCUT2D eigenvalue weighted by atomic mass is 10.1. The second-order valence-corrected chi connectivity index (χ2v) is 7.63. The van der Waals surface area contributed by atoms with Crippen LogP contribution < -0.4 is 0 Å². The number of hydrogen-bond donors (Lipinski definition) is 1. The van der Waals surface area contributed by atoms with Crippen LogP contribution in [0.15, 0.2) is 110 Å². The third-order valence-corrected chi connectivity index (χ3v) is 4.98. The predicted molar refractivity (Wildman–Crippen MR) is 137 cm³/mol. The zero-order chi connectivity index (χ0) is 27.5. The van der Waals surface area contributed by atoms with Crippen molar-refractivity contribution >= 4 is 0 Å². The Hall–Kier alpha value is -5.32. The number of aromatic amines is 1. The number of hydrogen-bond acceptors (Lipinski definition) is 6. The summed E-state index contributed by atoms with van der Waals surface area (Å²) >= 11 is 0. The van der Waals surface area contributed by atoms with E-state index in [1.54, 1.807) is 55.0 Å². The fourth-order valence-corrected chi connectivity index (χ4v) is 3.20. The summed E-state index contributed by atoms with van der Waals surface area (Å²) in [7, 11) is 0. The third-order valence-electron chi connectivity index (χ3n) is 4.98. The molecule has 4 heterocycles. The minimum atomic E-state index is -0.594. The second-order valence-electron chi connectivity index (χ2n) is 7.63. The monoisotopic (exact) mass is 529 g/mol. The molecule has 39 heavy (non-hydrogen) atoms. The number of benzene rings is 2. The van der Waals surface area contributed by atoms with Crippen LogP contribution in [0.4, 0.5) is 17.6 Å². The molecule has 194 valence electrons. The standard InChI is InChI=1S/2C11H7F2N.C6H5N5/c2*12-8-4-5-9(10(13)7-8)11-3-1-2-6-14-11;1-2-4-7-5(3-1)6-8-10-11-9-6/h2*1-7H;1-4H,(H,8,9,10,11). The van der Waals surface area contributed by atoms with E-state index < -0.39 is 23.3 Å². The van der Waals surface area contributed by atoms with Crippen molar-refractivity contribution in [1.29, 1.82) is 0 Å². The lowest BCUT2D eigenvalue weighted by Crippen LogP contribution is -1.88. The molecule has 4 aromatic heterocycles. The summed E-state index contributed by atoms with van der Waals surface area (Å²) in [6.45, 7) is 0. The van der Waals surface area contributed by atoms with Crippen LogP contribution in [-0.2, 0) is 0 Å². The normalized spacial score (nSPS) is 10.1. The van der Waals surface area contributed by atoms with E-state index in [9.17, 15) is 17.6 Å². The van der Waals surface area contributed by atoms with Crippen LogP contribution in [0.5, 0.6) is 0 Å². The van der Waals surface area contributed by atoms with Crippen molar-refractivity contribution in [2.75, 3.05) is 0 Å². The number of H-pyrrole nitrogens is 1. The maximum absolute atomic E-state index is 13.3. The first-order valence-electron chi connectivity index (χ1n) is 11.4. The number of nitrogens with one attached hydrogen (secondary N) is 1. The number of pyridine rings is 3. The Morgan fingerprint density at radius 1 is 0.513 bits per heavy atom. The van der Waals surface area contributed by atoms with Crippen LogP contribution in [-0.4, -0.2) is 35.6 Å². The van der Waals surface area contributed by atoms with Gasteiger partial charge in [-0.15, -0.1) is 10.2 Å². The van der Waals surface area contributed by atoms with Crippen LogP contribution in [0.1, 0.15) is 0 Å². The average Bonchev–Trinajstić information content (AvgIpc) is 3.51. The summed E-state index contributed by atoms with van der Waals surface area (Å²) in [5.41, 5.74) is 2.36. The molecule has 0 aliphatic heterocycles. The average molecular weight is 530 g/mol. The van der Waals surface area contributed by atoms with Gasteiger partial charge >= 0.3 is 0 Å². The highest BCUT2D eigenvalue weighted by Gasteiger charge is 2.07. The SMILES string of the molecule is Fc1ccc(-c2ccccn2)c(F)c1.Fc1ccc(-c2ccccn2)c(F)c1.c1ccc(-c2nn[nH]n2)nc1. The molecular weight excluding hydrogens is 510 g/mol. The Kier molecular flexibility index (Phi) is 9.11. The maximum Gasteiger partial charge on any atom is 0.222 e. The molecule has 11 heteroatoms. The second kappa shape index (κ2) is 13.3. The minimum absolute atomic E-state index is 0.312. The summed E-state index contributed by atoms with van der Waals surface area (Å²) in [5, 5.41) is 13.3. The van der Waals surface area contributed by atoms with Crippen molar-refractivity contribution in [2.45, 2.75) is 0 Å². The molecule has 0 aliphatic carbocycles. The largest absolute Gasteiger partial charge is 0.256 e. The Labute approximate surface area is 220 Å². The smallest absolute Gasteiger partial charge is 0.222 e. The molecule has 6 aromatic rings. The number of rotatable bonds is 3. The lowest BCUT2D eigenvalue weighted by Gasteiger charge is -2.01. The topological polar surface area (TPSA) is 93.1 Å². The van der Waals surface area contributed by atoms with Crippen LogP contribution in [0.25, 0.3) is 34.0 Å². The van der Waals surface area contributed by atoms with Gasteiger partial charge in [-0.05, 0) is 65.9 Å². The number of aromatic nitrogens is 7. The van der Waals surface area contributed by atoms with E-state index in [0.717, 1.165) is 17.8 Å². The molecule has 1 N–H and O–H groups in total. The Morgan fingerprint density at radius 2 is 0.974 bits per heavy atom. The minimum Gasteiger partial charge on any atom is -0.256 e. The van der Waals surface area contributed by atoms with Crippen LogP contribution in [0.2, 0.25) is 0 Å². The lowest BCUT2D eigenvalue weighted by molar-refractivity contribution is 0.584. The summed E-state index contributed by atoms with van der Waals surface area (Å²) in [5.74, 6) is -1.83. The fourth-order valence-electron chi connectivity index (χ4n) is 3.20. The summed E-state index contributed by atoms with van der Waals surface area (Å²) < 4.78 is 51.7. The van der Waals surface area contributed by atoms with E-state index in [0.29, 0.717) is 28.3 Å². The zero-order valence-electron chi connectivity index (χ0n) is 20.1. The molecule has 2 aromatic carbocycles. The van der Waals surface area contributed by atoms with Crippen LogP contribution >= 0.6 is 0 Å². The van der Waals surface area contributed by atoms with Gasteiger partial charge in [-0.1, -0.05) is 18.2 Å².